The predicted molar refractivity (Wildman–Crippen MR) is 78.1 cm³/mol. The second-order valence-corrected chi connectivity index (χ2v) is 6.54. The Balaban J connectivity index is 2.29. The van der Waals surface area contributed by atoms with E-state index in [1.165, 1.54) is 0 Å². The van der Waals surface area contributed by atoms with E-state index >= 15 is 0 Å². The summed E-state index contributed by atoms with van der Waals surface area (Å²) < 4.78 is 28.7. The van der Waals surface area contributed by atoms with E-state index in [0.29, 0.717) is 5.88 Å². The van der Waals surface area contributed by atoms with Crippen molar-refractivity contribution >= 4 is 21.7 Å². The van der Waals surface area contributed by atoms with Gasteiger partial charge in [0.15, 0.2) is 0 Å². The summed E-state index contributed by atoms with van der Waals surface area (Å²) in [6.45, 7) is 2.16. The molecule has 0 unspecified atom stereocenters. The van der Waals surface area contributed by atoms with Crippen molar-refractivity contribution in [2.75, 3.05) is 12.5 Å². The number of benzene rings is 1. The fraction of sp³-hybridized carbons (Fsp3) is 0.571. The second kappa shape index (κ2) is 8.56. The van der Waals surface area contributed by atoms with Crippen LogP contribution in [0.3, 0.4) is 0 Å². The molecule has 0 aliphatic rings. The van der Waals surface area contributed by atoms with Crippen LogP contribution in [0.15, 0.2) is 29.2 Å². The number of aryl methyl sites for hydroxylation is 1. The highest BCUT2D eigenvalue weighted by Gasteiger charge is 2.13. The number of alkyl halides is 1. The van der Waals surface area contributed by atoms with E-state index in [-0.39, 0.29) is 11.5 Å². The van der Waals surface area contributed by atoms with E-state index < -0.39 is 10.1 Å². The lowest BCUT2D eigenvalue weighted by Gasteiger charge is -2.06. The van der Waals surface area contributed by atoms with Crippen molar-refractivity contribution in [1.82, 2.24) is 0 Å². The summed E-state index contributed by atoms with van der Waals surface area (Å²) in [6.07, 6.45) is 4.91. The fourth-order valence-corrected chi connectivity index (χ4v) is 2.80. The molecular weight excluding hydrogens is 284 g/mol. The molecule has 0 atom stereocenters. The molecule has 0 fully saturated rings. The number of unbranched alkanes of at least 4 members (excludes halogenated alkanes) is 4. The van der Waals surface area contributed by atoms with E-state index in [4.69, 9.17) is 15.8 Å². The first kappa shape index (κ1) is 16.5. The maximum atomic E-state index is 11.8. The smallest absolute Gasteiger partial charge is 0.266 e. The molecule has 0 aliphatic carbocycles. The molecule has 0 saturated heterocycles. The van der Waals surface area contributed by atoms with Gasteiger partial charge in [0, 0.05) is 5.88 Å². The Labute approximate surface area is 121 Å². The Morgan fingerprint density at radius 1 is 1.00 bits per heavy atom. The minimum absolute atomic E-state index is 0.222. The summed E-state index contributed by atoms with van der Waals surface area (Å²) in [5.74, 6) is 0.693. The van der Waals surface area contributed by atoms with Crippen molar-refractivity contribution < 1.29 is 12.6 Å². The van der Waals surface area contributed by atoms with Gasteiger partial charge in [-0.25, -0.2) is 0 Å². The largest absolute Gasteiger partial charge is 0.296 e. The summed E-state index contributed by atoms with van der Waals surface area (Å²) in [5.41, 5.74) is 1.03. The number of hydrogen-bond donors (Lipinski definition) is 0. The fourth-order valence-electron chi connectivity index (χ4n) is 1.67. The van der Waals surface area contributed by atoms with Crippen LogP contribution in [0.25, 0.3) is 0 Å². The van der Waals surface area contributed by atoms with Gasteiger partial charge in [0.05, 0.1) is 11.5 Å². The summed E-state index contributed by atoms with van der Waals surface area (Å²) in [5, 5.41) is 0. The van der Waals surface area contributed by atoms with Crippen LogP contribution in [-0.2, 0) is 14.3 Å². The Bertz CT molecular complexity index is 454. The van der Waals surface area contributed by atoms with Crippen LogP contribution in [0.4, 0.5) is 0 Å². The Morgan fingerprint density at radius 3 is 2.21 bits per heavy atom. The molecule has 0 spiro atoms. The van der Waals surface area contributed by atoms with Crippen molar-refractivity contribution in [1.29, 1.82) is 0 Å². The van der Waals surface area contributed by atoms with Gasteiger partial charge in [-0.1, -0.05) is 37.0 Å². The van der Waals surface area contributed by atoms with Crippen LogP contribution >= 0.6 is 11.6 Å². The number of rotatable bonds is 9. The molecule has 0 amide bonds. The van der Waals surface area contributed by atoms with Crippen LogP contribution in [-0.4, -0.2) is 20.9 Å². The van der Waals surface area contributed by atoms with E-state index in [9.17, 15) is 8.42 Å². The zero-order valence-electron chi connectivity index (χ0n) is 11.3. The first-order valence-electron chi connectivity index (χ1n) is 6.58. The monoisotopic (exact) mass is 304 g/mol. The highest BCUT2D eigenvalue weighted by atomic mass is 35.5. The van der Waals surface area contributed by atoms with Gasteiger partial charge in [0.25, 0.3) is 10.1 Å². The van der Waals surface area contributed by atoms with Gasteiger partial charge in [-0.2, -0.15) is 8.42 Å². The van der Waals surface area contributed by atoms with E-state index in [1.54, 1.807) is 24.3 Å². The molecule has 108 valence electrons. The summed E-state index contributed by atoms with van der Waals surface area (Å²) in [7, 11) is -3.60. The van der Waals surface area contributed by atoms with Crippen molar-refractivity contribution in [2.45, 2.75) is 43.9 Å². The lowest BCUT2D eigenvalue weighted by Crippen LogP contribution is -2.07. The molecular formula is C14H21ClO3S. The lowest BCUT2D eigenvalue weighted by molar-refractivity contribution is 0.306. The van der Waals surface area contributed by atoms with Gasteiger partial charge in [-0.15, -0.1) is 11.6 Å². The molecule has 0 saturated carbocycles. The molecule has 3 nitrogen and oxygen atoms in total. The van der Waals surface area contributed by atoms with E-state index in [2.05, 4.69) is 0 Å². The minimum Gasteiger partial charge on any atom is -0.266 e. The standard InChI is InChI=1S/C14H21ClO3S/c1-13-7-9-14(10-8-13)19(16,17)18-12-6-4-2-3-5-11-15/h7-10H,2-6,11-12H2,1H3. The van der Waals surface area contributed by atoms with Crippen LogP contribution in [0.2, 0.25) is 0 Å². The average Bonchev–Trinajstić information content (AvgIpc) is 2.38. The molecule has 1 aromatic carbocycles. The number of hydrogen-bond acceptors (Lipinski definition) is 3. The topological polar surface area (TPSA) is 43.4 Å². The molecule has 19 heavy (non-hydrogen) atoms. The maximum absolute atomic E-state index is 11.8. The molecule has 0 N–H and O–H groups in total. The SMILES string of the molecule is Cc1ccc(S(=O)(=O)OCCCCCCCCl)cc1. The second-order valence-electron chi connectivity index (χ2n) is 4.55. The Hall–Kier alpha value is -0.580. The van der Waals surface area contributed by atoms with E-state index in [0.717, 1.165) is 37.7 Å². The third kappa shape index (κ3) is 6.41. The van der Waals surface area contributed by atoms with Crippen molar-refractivity contribution in [2.24, 2.45) is 0 Å². The summed E-state index contributed by atoms with van der Waals surface area (Å²) >= 11 is 5.58. The molecule has 0 aliphatic heterocycles. The van der Waals surface area contributed by atoms with Gasteiger partial charge in [0.2, 0.25) is 0 Å². The predicted octanol–water partition coefficient (Wildman–Crippen LogP) is 3.89. The summed E-state index contributed by atoms with van der Waals surface area (Å²) in [6, 6.07) is 6.68. The van der Waals surface area contributed by atoms with Gasteiger partial charge in [-0.3, -0.25) is 4.18 Å². The third-order valence-electron chi connectivity index (χ3n) is 2.83. The quantitative estimate of drug-likeness (QED) is 0.395. The van der Waals surface area contributed by atoms with Gasteiger partial charge >= 0.3 is 0 Å². The minimum atomic E-state index is -3.60. The van der Waals surface area contributed by atoms with Crippen molar-refractivity contribution in [3.8, 4) is 0 Å². The molecule has 1 aromatic rings. The Kier molecular flexibility index (Phi) is 7.42. The zero-order chi connectivity index (χ0) is 14.1. The highest BCUT2D eigenvalue weighted by molar-refractivity contribution is 7.86. The van der Waals surface area contributed by atoms with Crippen LogP contribution in [0, 0.1) is 6.92 Å². The molecule has 5 heteroatoms. The van der Waals surface area contributed by atoms with Crippen LogP contribution in [0.5, 0.6) is 0 Å². The molecule has 0 aromatic heterocycles. The van der Waals surface area contributed by atoms with Crippen LogP contribution in [0.1, 0.15) is 37.7 Å². The first-order chi connectivity index (χ1) is 9.06. The molecule has 1 rings (SSSR count). The number of halogens is 1. The van der Waals surface area contributed by atoms with Gasteiger partial charge in [0.1, 0.15) is 0 Å². The first-order valence-corrected chi connectivity index (χ1v) is 8.52. The van der Waals surface area contributed by atoms with Gasteiger partial charge < -0.3 is 0 Å². The normalized spacial score (nSPS) is 11.7. The third-order valence-corrected chi connectivity index (χ3v) is 4.42. The average molecular weight is 305 g/mol. The molecule has 0 radical (unpaired) electrons. The maximum Gasteiger partial charge on any atom is 0.296 e. The molecule has 0 heterocycles. The van der Waals surface area contributed by atoms with Gasteiger partial charge in [-0.05, 0) is 31.9 Å². The summed E-state index contributed by atoms with van der Waals surface area (Å²) in [4.78, 5) is 0.222. The zero-order valence-corrected chi connectivity index (χ0v) is 12.8. The van der Waals surface area contributed by atoms with Crippen molar-refractivity contribution in [3.63, 3.8) is 0 Å². The lowest BCUT2D eigenvalue weighted by atomic mass is 10.2. The molecule has 0 bridgehead atoms. The Morgan fingerprint density at radius 2 is 1.58 bits per heavy atom. The van der Waals surface area contributed by atoms with E-state index in [1.807, 2.05) is 6.92 Å². The van der Waals surface area contributed by atoms with Crippen molar-refractivity contribution in [3.05, 3.63) is 29.8 Å². The highest BCUT2D eigenvalue weighted by Crippen LogP contribution is 2.14. The van der Waals surface area contributed by atoms with Crippen LogP contribution < -0.4 is 0 Å².